The monoisotopic (exact) mass is 264 g/mol. The standard InChI is InChI=1S/C14H24N4O/c1-5-15-13-10(3)11(4)16-14(17-13)12-9-18(6-2)7-8-19-12/h12H,5-9H2,1-4H3,(H,15,16,17). The smallest absolute Gasteiger partial charge is 0.161 e. The van der Waals surface area contributed by atoms with E-state index < -0.39 is 0 Å². The Labute approximate surface area is 115 Å². The number of rotatable bonds is 4. The summed E-state index contributed by atoms with van der Waals surface area (Å²) in [7, 11) is 0. The van der Waals surface area contributed by atoms with Crippen molar-refractivity contribution in [1.29, 1.82) is 0 Å². The summed E-state index contributed by atoms with van der Waals surface area (Å²) in [6, 6.07) is 0. The Morgan fingerprint density at radius 3 is 2.79 bits per heavy atom. The maximum Gasteiger partial charge on any atom is 0.161 e. The fourth-order valence-corrected chi connectivity index (χ4v) is 2.28. The Hall–Kier alpha value is -1.20. The van der Waals surface area contributed by atoms with Gasteiger partial charge in [0.15, 0.2) is 5.82 Å². The highest BCUT2D eigenvalue weighted by Gasteiger charge is 2.24. The van der Waals surface area contributed by atoms with E-state index in [1.165, 1.54) is 0 Å². The Morgan fingerprint density at radius 1 is 1.32 bits per heavy atom. The van der Waals surface area contributed by atoms with Gasteiger partial charge in [0.1, 0.15) is 11.9 Å². The van der Waals surface area contributed by atoms with E-state index in [0.29, 0.717) is 0 Å². The predicted octanol–water partition coefficient (Wildman–Crippen LogP) is 1.92. The van der Waals surface area contributed by atoms with Crippen LogP contribution in [0.4, 0.5) is 5.82 Å². The molecule has 5 heteroatoms. The lowest BCUT2D eigenvalue weighted by Gasteiger charge is -2.31. The molecule has 0 amide bonds. The summed E-state index contributed by atoms with van der Waals surface area (Å²) in [5.74, 6) is 1.74. The highest BCUT2D eigenvalue weighted by molar-refractivity contribution is 5.45. The van der Waals surface area contributed by atoms with Gasteiger partial charge in [-0.05, 0) is 27.3 Å². The van der Waals surface area contributed by atoms with Crippen LogP contribution in [0.25, 0.3) is 0 Å². The van der Waals surface area contributed by atoms with Crippen molar-refractivity contribution in [3.63, 3.8) is 0 Å². The Kier molecular flexibility index (Phi) is 4.71. The van der Waals surface area contributed by atoms with Gasteiger partial charge in [-0.1, -0.05) is 6.92 Å². The van der Waals surface area contributed by atoms with Crippen LogP contribution < -0.4 is 5.32 Å². The van der Waals surface area contributed by atoms with E-state index in [-0.39, 0.29) is 6.10 Å². The highest BCUT2D eigenvalue weighted by Crippen LogP contribution is 2.23. The lowest BCUT2D eigenvalue weighted by Crippen LogP contribution is -2.38. The number of ether oxygens (including phenoxy) is 1. The maximum absolute atomic E-state index is 5.83. The molecule has 2 heterocycles. The number of nitrogens with one attached hydrogen (secondary N) is 1. The number of aromatic nitrogens is 2. The molecular weight excluding hydrogens is 240 g/mol. The third-order valence-corrected chi connectivity index (χ3v) is 3.64. The summed E-state index contributed by atoms with van der Waals surface area (Å²) < 4.78 is 5.83. The van der Waals surface area contributed by atoms with Crippen molar-refractivity contribution in [3.8, 4) is 0 Å². The zero-order valence-electron chi connectivity index (χ0n) is 12.4. The maximum atomic E-state index is 5.83. The first kappa shape index (κ1) is 14.2. The lowest BCUT2D eigenvalue weighted by atomic mass is 10.2. The number of aryl methyl sites for hydroxylation is 1. The van der Waals surface area contributed by atoms with Crippen LogP contribution in [-0.2, 0) is 4.74 Å². The van der Waals surface area contributed by atoms with Gasteiger partial charge in [-0.3, -0.25) is 4.90 Å². The molecule has 5 nitrogen and oxygen atoms in total. The first-order valence-corrected chi connectivity index (χ1v) is 7.08. The minimum absolute atomic E-state index is 0.00888. The fraction of sp³-hybridized carbons (Fsp3) is 0.714. The number of nitrogens with zero attached hydrogens (tertiary/aromatic N) is 3. The molecular formula is C14H24N4O. The first-order valence-electron chi connectivity index (χ1n) is 7.08. The molecule has 1 aliphatic rings. The molecule has 0 radical (unpaired) electrons. The second kappa shape index (κ2) is 6.30. The molecule has 0 spiro atoms. The first-order chi connectivity index (χ1) is 9.15. The van der Waals surface area contributed by atoms with Crippen LogP contribution in [0.15, 0.2) is 0 Å². The van der Waals surface area contributed by atoms with Gasteiger partial charge in [0.05, 0.1) is 6.61 Å². The van der Waals surface area contributed by atoms with Crippen LogP contribution in [0.1, 0.15) is 37.0 Å². The molecule has 2 rings (SSSR count). The molecule has 0 saturated carbocycles. The molecule has 106 valence electrons. The van der Waals surface area contributed by atoms with Crippen LogP contribution >= 0.6 is 0 Å². The van der Waals surface area contributed by atoms with Crippen molar-refractivity contribution in [1.82, 2.24) is 14.9 Å². The topological polar surface area (TPSA) is 50.3 Å². The normalized spacial score (nSPS) is 20.5. The van der Waals surface area contributed by atoms with Crippen LogP contribution in [0, 0.1) is 13.8 Å². The molecule has 0 aliphatic carbocycles. The van der Waals surface area contributed by atoms with Crippen molar-refractivity contribution in [3.05, 3.63) is 17.1 Å². The third kappa shape index (κ3) is 3.22. The number of likely N-dealkylation sites (N-methyl/N-ethyl adjacent to an activating group) is 1. The second-order valence-electron chi connectivity index (χ2n) is 4.92. The quantitative estimate of drug-likeness (QED) is 0.900. The van der Waals surface area contributed by atoms with Gasteiger partial charge in [0, 0.05) is 30.9 Å². The molecule has 19 heavy (non-hydrogen) atoms. The summed E-state index contributed by atoms with van der Waals surface area (Å²) in [5, 5.41) is 3.30. The summed E-state index contributed by atoms with van der Waals surface area (Å²) in [6.07, 6.45) is -0.00888. The molecule has 1 aromatic heterocycles. The van der Waals surface area contributed by atoms with Gasteiger partial charge in [-0.2, -0.15) is 0 Å². The van der Waals surface area contributed by atoms with Crippen molar-refractivity contribution >= 4 is 5.82 Å². The molecule has 1 fully saturated rings. The minimum Gasteiger partial charge on any atom is -0.370 e. The van der Waals surface area contributed by atoms with Crippen LogP contribution in [0.5, 0.6) is 0 Å². The fourth-order valence-electron chi connectivity index (χ4n) is 2.28. The average molecular weight is 264 g/mol. The van der Waals surface area contributed by atoms with E-state index in [1.54, 1.807) is 0 Å². The van der Waals surface area contributed by atoms with Gasteiger partial charge in [-0.25, -0.2) is 9.97 Å². The van der Waals surface area contributed by atoms with E-state index >= 15 is 0 Å². The molecule has 1 unspecified atom stereocenters. The van der Waals surface area contributed by atoms with E-state index in [0.717, 1.165) is 55.7 Å². The van der Waals surface area contributed by atoms with Gasteiger partial charge in [-0.15, -0.1) is 0 Å². The number of morpholine rings is 1. The van der Waals surface area contributed by atoms with E-state index in [9.17, 15) is 0 Å². The van der Waals surface area contributed by atoms with Crippen LogP contribution in [0.3, 0.4) is 0 Å². The van der Waals surface area contributed by atoms with Gasteiger partial charge in [0.25, 0.3) is 0 Å². The number of hydrogen-bond acceptors (Lipinski definition) is 5. The van der Waals surface area contributed by atoms with Crippen molar-refractivity contribution < 1.29 is 4.74 Å². The SMILES string of the molecule is CCNc1nc(C2CN(CC)CCO2)nc(C)c1C. The van der Waals surface area contributed by atoms with E-state index in [2.05, 4.69) is 41.0 Å². The van der Waals surface area contributed by atoms with Crippen molar-refractivity contribution in [2.45, 2.75) is 33.8 Å². The zero-order valence-corrected chi connectivity index (χ0v) is 12.4. The van der Waals surface area contributed by atoms with E-state index in [4.69, 9.17) is 4.74 Å². The van der Waals surface area contributed by atoms with Gasteiger partial charge >= 0.3 is 0 Å². The van der Waals surface area contributed by atoms with Gasteiger partial charge < -0.3 is 10.1 Å². The summed E-state index contributed by atoms with van der Waals surface area (Å²) >= 11 is 0. The molecule has 1 N–H and O–H groups in total. The number of hydrogen-bond donors (Lipinski definition) is 1. The summed E-state index contributed by atoms with van der Waals surface area (Å²) in [4.78, 5) is 11.6. The predicted molar refractivity (Wildman–Crippen MR) is 76.5 cm³/mol. The highest BCUT2D eigenvalue weighted by atomic mass is 16.5. The Morgan fingerprint density at radius 2 is 2.11 bits per heavy atom. The average Bonchev–Trinajstić information content (AvgIpc) is 2.44. The van der Waals surface area contributed by atoms with E-state index in [1.807, 2.05) is 6.92 Å². The molecule has 1 saturated heterocycles. The van der Waals surface area contributed by atoms with Crippen LogP contribution in [0.2, 0.25) is 0 Å². The Balaban J connectivity index is 2.24. The lowest BCUT2D eigenvalue weighted by molar-refractivity contribution is -0.0325. The molecule has 1 aromatic rings. The van der Waals surface area contributed by atoms with Gasteiger partial charge in [0.2, 0.25) is 0 Å². The number of anilines is 1. The molecule has 0 bridgehead atoms. The zero-order chi connectivity index (χ0) is 13.8. The van der Waals surface area contributed by atoms with Crippen molar-refractivity contribution in [2.24, 2.45) is 0 Å². The summed E-state index contributed by atoms with van der Waals surface area (Å²) in [6.45, 7) is 12.9. The molecule has 0 aromatic carbocycles. The Bertz CT molecular complexity index is 436. The molecule has 1 aliphatic heterocycles. The van der Waals surface area contributed by atoms with Crippen molar-refractivity contribution in [2.75, 3.05) is 38.1 Å². The molecule has 1 atom stereocenters. The largest absolute Gasteiger partial charge is 0.370 e. The minimum atomic E-state index is -0.00888. The third-order valence-electron chi connectivity index (χ3n) is 3.64. The summed E-state index contributed by atoms with van der Waals surface area (Å²) in [5.41, 5.74) is 2.15. The second-order valence-corrected chi connectivity index (χ2v) is 4.92. The van der Waals surface area contributed by atoms with Crippen LogP contribution in [-0.4, -0.2) is 47.7 Å².